The second-order valence-corrected chi connectivity index (χ2v) is 3.56. The van der Waals surface area contributed by atoms with Crippen LogP contribution in [0, 0.1) is 0 Å². The SMILES string of the molecule is CC=O.O=C(CCCCCO)c1ccccc1. The number of aliphatic hydroxyl groups excluding tert-OH is 1. The van der Waals surface area contributed by atoms with Gasteiger partial charge in [-0.25, -0.2) is 0 Å². The van der Waals surface area contributed by atoms with Crippen molar-refractivity contribution in [1.29, 1.82) is 0 Å². The summed E-state index contributed by atoms with van der Waals surface area (Å²) in [5.41, 5.74) is 0.788. The van der Waals surface area contributed by atoms with Crippen molar-refractivity contribution in [2.24, 2.45) is 0 Å². The maximum absolute atomic E-state index is 11.5. The molecule has 0 bridgehead atoms. The van der Waals surface area contributed by atoms with Gasteiger partial charge >= 0.3 is 0 Å². The summed E-state index contributed by atoms with van der Waals surface area (Å²) in [7, 11) is 0. The Morgan fingerprint density at radius 2 is 1.76 bits per heavy atom. The molecule has 0 atom stereocenters. The Hall–Kier alpha value is -1.48. The minimum Gasteiger partial charge on any atom is -0.396 e. The average molecular weight is 236 g/mol. The molecule has 0 fully saturated rings. The van der Waals surface area contributed by atoms with Crippen molar-refractivity contribution in [2.45, 2.75) is 32.6 Å². The number of carbonyl (C=O) groups is 2. The van der Waals surface area contributed by atoms with Crippen LogP contribution in [0.15, 0.2) is 30.3 Å². The van der Waals surface area contributed by atoms with Gasteiger partial charge in [0.1, 0.15) is 6.29 Å². The molecule has 0 aromatic heterocycles. The number of ketones is 1. The Morgan fingerprint density at radius 1 is 1.18 bits per heavy atom. The second kappa shape index (κ2) is 11.0. The van der Waals surface area contributed by atoms with Crippen LogP contribution < -0.4 is 0 Å². The molecule has 0 aliphatic rings. The van der Waals surface area contributed by atoms with E-state index in [2.05, 4.69) is 0 Å². The highest BCUT2D eigenvalue weighted by Crippen LogP contribution is 2.07. The van der Waals surface area contributed by atoms with Crippen LogP contribution >= 0.6 is 0 Å². The van der Waals surface area contributed by atoms with Crippen LogP contribution in [-0.2, 0) is 4.79 Å². The lowest BCUT2D eigenvalue weighted by molar-refractivity contribution is -0.106. The Labute approximate surface area is 102 Å². The van der Waals surface area contributed by atoms with Gasteiger partial charge in [-0.05, 0) is 19.8 Å². The maximum Gasteiger partial charge on any atom is 0.162 e. The third-order valence-electron chi connectivity index (χ3n) is 2.16. The monoisotopic (exact) mass is 236 g/mol. The van der Waals surface area contributed by atoms with Crippen molar-refractivity contribution in [3.63, 3.8) is 0 Å². The molecular formula is C14H20O3. The lowest BCUT2D eigenvalue weighted by Gasteiger charge is -1.99. The van der Waals surface area contributed by atoms with E-state index < -0.39 is 0 Å². The van der Waals surface area contributed by atoms with Crippen molar-refractivity contribution < 1.29 is 14.7 Å². The summed E-state index contributed by atoms with van der Waals surface area (Å²) in [6.07, 6.45) is 3.93. The number of carbonyl (C=O) groups excluding carboxylic acids is 2. The summed E-state index contributed by atoms with van der Waals surface area (Å²) in [6, 6.07) is 9.34. The summed E-state index contributed by atoms with van der Waals surface area (Å²) in [6.45, 7) is 1.67. The third-order valence-corrected chi connectivity index (χ3v) is 2.16. The van der Waals surface area contributed by atoms with E-state index in [1.165, 1.54) is 6.92 Å². The molecule has 3 nitrogen and oxygen atoms in total. The molecule has 0 saturated carbocycles. The molecule has 0 aliphatic heterocycles. The molecule has 3 heteroatoms. The zero-order chi connectivity index (χ0) is 12.9. The fraction of sp³-hybridized carbons (Fsp3) is 0.429. The summed E-state index contributed by atoms with van der Waals surface area (Å²) < 4.78 is 0. The number of aliphatic hydroxyl groups is 1. The zero-order valence-electron chi connectivity index (χ0n) is 10.3. The van der Waals surface area contributed by atoms with Crippen LogP contribution in [-0.4, -0.2) is 23.8 Å². The number of rotatable bonds is 6. The van der Waals surface area contributed by atoms with E-state index in [-0.39, 0.29) is 12.4 Å². The lowest BCUT2D eigenvalue weighted by Crippen LogP contribution is -1.98. The van der Waals surface area contributed by atoms with Gasteiger partial charge in [-0.3, -0.25) is 4.79 Å². The molecule has 1 N–H and O–H groups in total. The quantitative estimate of drug-likeness (QED) is 0.469. The van der Waals surface area contributed by atoms with Crippen LogP contribution in [0.3, 0.4) is 0 Å². The molecule has 94 valence electrons. The molecule has 1 aromatic rings. The predicted octanol–water partition coefficient (Wildman–Crippen LogP) is 2.63. The summed E-state index contributed by atoms with van der Waals surface area (Å²) in [4.78, 5) is 20.4. The number of hydrogen-bond donors (Lipinski definition) is 1. The van der Waals surface area contributed by atoms with Gasteiger partial charge in [0.2, 0.25) is 0 Å². The third kappa shape index (κ3) is 8.34. The van der Waals surface area contributed by atoms with Gasteiger partial charge in [-0.1, -0.05) is 36.8 Å². The van der Waals surface area contributed by atoms with Gasteiger partial charge in [-0.15, -0.1) is 0 Å². The Balaban J connectivity index is 0.000000770. The van der Waals surface area contributed by atoms with Gasteiger partial charge in [-0.2, -0.15) is 0 Å². The van der Waals surface area contributed by atoms with Crippen molar-refractivity contribution in [1.82, 2.24) is 0 Å². The molecule has 0 spiro atoms. The van der Waals surface area contributed by atoms with Gasteiger partial charge < -0.3 is 9.90 Å². The molecule has 0 unspecified atom stereocenters. The zero-order valence-corrected chi connectivity index (χ0v) is 10.3. The summed E-state index contributed by atoms with van der Waals surface area (Å²) in [5, 5.41) is 8.56. The maximum atomic E-state index is 11.5. The van der Waals surface area contributed by atoms with E-state index in [9.17, 15) is 4.79 Å². The number of Topliss-reactive ketones (excluding diaryl/α,β-unsaturated/α-hetero) is 1. The van der Waals surface area contributed by atoms with Gasteiger partial charge in [0.25, 0.3) is 0 Å². The van der Waals surface area contributed by atoms with Crippen LogP contribution in [0.5, 0.6) is 0 Å². The Kier molecular flexibility index (Phi) is 10.1. The van der Waals surface area contributed by atoms with E-state index in [4.69, 9.17) is 9.90 Å². The van der Waals surface area contributed by atoms with Crippen molar-refractivity contribution in [3.8, 4) is 0 Å². The molecule has 17 heavy (non-hydrogen) atoms. The summed E-state index contributed by atoms with van der Waals surface area (Å²) in [5.74, 6) is 0.198. The van der Waals surface area contributed by atoms with E-state index in [1.807, 2.05) is 30.3 Å². The number of benzene rings is 1. The first-order valence-electron chi connectivity index (χ1n) is 5.85. The predicted molar refractivity (Wildman–Crippen MR) is 68.1 cm³/mol. The van der Waals surface area contributed by atoms with Crippen LogP contribution in [0.2, 0.25) is 0 Å². The molecule has 0 saturated heterocycles. The van der Waals surface area contributed by atoms with E-state index in [1.54, 1.807) is 0 Å². The highest BCUT2D eigenvalue weighted by Gasteiger charge is 2.03. The minimum atomic E-state index is 0.198. The molecule has 0 amide bonds. The minimum absolute atomic E-state index is 0.198. The van der Waals surface area contributed by atoms with Crippen LogP contribution in [0.1, 0.15) is 43.0 Å². The van der Waals surface area contributed by atoms with Crippen LogP contribution in [0.25, 0.3) is 0 Å². The highest BCUT2D eigenvalue weighted by atomic mass is 16.2. The van der Waals surface area contributed by atoms with E-state index in [0.717, 1.165) is 31.1 Å². The second-order valence-electron chi connectivity index (χ2n) is 3.56. The topological polar surface area (TPSA) is 54.4 Å². The Morgan fingerprint density at radius 3 is 2.29 bits per heavy atom. The molecule has 0 radical (unpaired) electrons. The first kappa shape index (κ1) is 15.5. The molecule has 0 heterocycles. The number of unbranched alkanes of at least 4 members (excludes halogenated alkanes) is 2. The van der Waals surface area contributed by atoms with Gasteiger partial charge in [0.15, 0.2) is 5.78 Å². The average Bonchev–Trinajstić information content (AvgIpc) is 2.36. The summed E-state index contributed by atoms with van der Waals surface area (Å²) >= 11 is 0. The molecule has 1 aromatic carbocycles. The lowest BCUT2D eigenvalue weighted by atomic mass is 10.1. The van der Waals surface area contributed by atoms with Gasteiger partial charge in [0.05, 0.1) is 0 Å². The van der Waals surface area contributed by atoms with E-state index in [0.29, 0.717) is 6.42 Å². The smallest absolute Gasteiger partial charge is 0.162 e. The molecule has 1 rings (SSSR count). The van der Waals surface area contributed by atoms with E-state index >= 15 is 0 Å². The first-order valence-corrected chi connectivity index (χ1v) is 5.85. The van der Waals surface area contributed by atoms with Crippen LogP contribution in [0.4, 0.5) is 0 Å². The number of hydrogen-bond acceptors (Lipinski definition) is 3. The van der Waals surface area contributed by atoms with Crippen molar-refractivity contribution in [3.05, 3.63) is 35.9 Å². The van der Waals surface area contributed by atoms with Gasteiger partial charge in [0, 0.05) is 18.6 Å². The fourth-order valence-corrected chi connectivity index (χ4v) is 1.34. The normalized spacial score (nSPS) is 9.06. The standard InChI is InChI=1S/C12H16O2.C2H4O/c13-10-6-2-5-9-12(14)11-7-3-1-4-8-11;1-2-3/h1,3-4,7-8,13H,2,5-6,9-10H2;2H,1H3. The Bertz CT molecular complexity index is 307. The highest BCUT2D eigenvalue weighted by molar-refractivity contribution is 5.95. The largest absolute Gasteiger partial charge is 0.396 e. The van der Waals surface area contributed by atoms with Crippen molar-refractivity contribution in [2.75, 3.05) is 6.61 Å². The fourth-order valence-electron chi connectivity index (χ4n) is 1.34. The molecular weight excluding hydrogens is 216 g/mol. The number of aldehydes is 1. The first-order chi connectivity index (χ1) is 8.26. The molecule has 0 aliphatic carbocycles. The van der Waals surface area contributed by atoms with Crippen molar-refractivity contribution >= 4 is 12.1 Å².